The van der Waals surface area contributed by atoms with E-state index in [0.29, 0.717) is 5.82 Å². The number of fused-ring (bicyclic) bond motifs is 6. The van der Waals surface area contributed by atoms with Gasteiger partial charge >= 0.3 is 0 Å². The lowest BCUT2D eigenvalue weighted by molar-refractivity contribution is 0.669. The molecule has 0 saturated heterocycles. The van der Waals surface area contributed by atoms with E-state index in [-0.39, 0.29) is 0 Å². The molecule has 246 valence electrons. The van der Waals surface area contributed by atoms with Crippen LogP contribution in [0.4, 0.5) is 0 Å². The average molecular weight is 675 g/mol. The van der Waals surface area contributed by atoms with Crippen LogP contribution in [0.15, 0.2) is 186 Å². The van der Waals surface area contributed by atoms with E-state index in [4.69, 9.17) is 14.4 Å². The molecule has 2 aromatic heterocycles. The number of benzene rings is 8. The normalized spacial score (nSPS) is 11.8. The van der Waals surface area contributed by atoms with Gasteiger partial charge in [-0.2, -0.15) is 0 Å². The van der Waals surface area contributed by atoms with Crippen LogP contribution in [0.5, 0.6) is 0 Å². The predicted octanol–water partition coefficient (Wildman–Crippen LogP) is 13.5. The van der Waals surface area contributed by atoms with E-state index in [1.807, 2.05) is 30.3 Å². The first kappa shape index (κ1) is 29.6. The fourth-order valence-corrected chi connectivity index (χ4v) is 8.13. The van der Waals surface area contributed by atoms with E-state index in [2.05, 4.69) is 152 Å². The van der Waals surface area contributed by atoms with E-state index in [9.17, 15) is 0 Å². The Hall–Kier alpha value is -7.10. The molecule has 8 aromatic carbocycles. The van der Waals surface area contributed by atoms with Crippen LogP contribution in [0.25, 0.3) is 111 Å². The predicted molar refractivity (Wildman–Crippen MR) is 218 cm³/mol. The molecule has 1 aliphatic carbocycles. The maximum absolute atomic E-state index is 6.19. The molecule has 0 atom stereocenters. The highest BCUT2D eigenvalue weighted by Crippen LogP contribution is 2.49. The summed E-state index contributed by atoms with van der Waals surface area (Å²) >= 11 is 0. The van der Waals surface area contributed by atoms with Crippen molar-refractivity contribution < 1.29 is 4.42 Å². The molecule has 11 rings (SSSR count). The molecule has 0 spiro atoms. The lowest BCUT2D eigenvalue weighted by atomic mass is 9.93. The number of aromatic nitrogens is 2. The van der Waals surface area contributed by atoms with E-state index in [1.54, 1.807) is 0 Å². The number of hydrogen-bond acceptors (Lipinski definition) is 3. The molecule has 1 aliphatic rings. The van der Waals surface area contributed by atoms with E-state index >= 15 is 0 Å². The summed E-state index contributed by atoms with van der Waals surface area (Å²) in [6, 6.07) is 64.4. The van der Waals surface area contributed by atoms with Crippen LogP contribution in [0.2, 0.25) is 0 Å². The number of para-hydroxylation sites is 1. The van der Waals surface area contributed by atoms with Crippen molar-refractivity contribution in [2.45, 2.75) is 0 Å². The second-order valence-electron chi connectivity index (χ2n) is 13.7. The molecular formula is C50H30N2O. The van der Waals surface area contributed by atoms with Crippen LogP contribution in [0, 0.1) is 0 Å². The summed E-state index contributed by atoms with van der Waals surface area (Å²) in [4.78, 5) is 10.6. The molecule has 3 heteroatoms. The van der Waals surface area contributed by atoms with Gasteiger partial charge in [0.1, 0.15) is 11.2 Å². The lowest BCUT2D eigenvalue weighted by Gasteiger charge is -2.14. The molecule has 0 unspecified atom stereocenters. The van der Waals surface area contributed by atoms with Gasteiger partial charge in [-0.15, -0.1) is 0 Å². The minimum absolute atomic E-state index is 0.697. The van der Waals surface area contributed by atoms with Gasteiger partial charge in [-0.3, -0.25) is 0 Å². The fraction of sp³-hybridized carbons (Fsp3) is 0. The summed E-state index contributed by atoms with van der Waals surface area (Å²) < 4.78 is 6.19. The topological polar surface area (TPSA) is 38.9 Å². The third kappa shape index (κ3) is 4.82. The number of rotatable bonds is 5. The summed E-state index contributed by atoms with van der Waals surface area (Å²) in [5.41, 5.74) is 16.3. The van der Waals surface area contributed by atoms with Crippen molar-refractivity contribution in [1.82, 2.24) is 9.97 Å². The molecule has 2 heterocycles. The fourth-order valence-electron chi connectivity index (χ4n) is 8.13. The largest absolute Gasteiger partial charge is 0.456 e. The molecule has 0 radical (unpaired) electrons. The van der Waals surface area contributed by atoms with Crippen molar-refractivity contribution in [3.8, 4) is 78.4 Å². The smallest absolute Gasteiger partial charge is 0.160 e. The van der Waals surface area contributed by atoms with E-state index < -0.39 is 0 Å². The Labute approximate surface area is 306 Å². The Morgan fingerprint density at radius 1 is 0.302 bits per heavy atom. The number of furan rings is 1. The Kier molecular flexibility index (Phi) is 6.55. The lowest BCUT2D eigenvalue weighted by Crippen LogP contribution is -1.97. The number of hydrogen-bond donors (Lipinski definition) is 0. The Bertz CT molecular complexity index is 3020. The third-order valence-corrected chi connectivity index (χ3v) is 10.6. The molecule has 0 N–H and O–H groups in total. The maximum atomic E-state index is 6.19. The first-order valence-electron chi connectivity index (χ1n) is 18.0. The quantitative estimate of drug-likeness (QED) is 0.182. The van der Waals surface area contributed by atoms with Crippen molar-refractivity contribution >= 4 is 32.7 Å². The molecule has 53 heavy (non-hydrogen) atoms. The van der Waals surface area contributed by atoms with Crippen molar-refractivity contribution in [1.29, 1.82) is 0 Å². The zero-order valence-electron chi connectivity index (χ0n) is 28.6. The zero-order chi connectivity index (χ0) is 34.9. The van der Waals surface area contributed by atoms with Crippen molar-refractivity contribution in [3.63, 3.8) is 0 Å². The van der Waals surface area contributed by atoms with Gasteiger partial charge in [-0.05, 0) is 97.7 Å². The highest BCUT2D eigenvalue weighted by molar-refractivity contribution is 6.18. The first-order chi connectivity index (χ1) is 26.2. The van der Waals surface area contributed by atoms with Crippen LogP contribution < -0.4 is 0 Å². The summed E-state index contributed by atoms with van der Waals surface area (Å²) in [6.07, 6.45) is 0. The molecule has 0 bridgehead atoms. The first-order valence-corrected chi connectivity index (χ1v) is 18.0. The minimum Gasteiger partial charge on any atom is -0.456 e. The van der Waals surface area contributed by atoms with E-state index in [0.717, 1.165) is 72.3 Å². The standard InChI is InChI=1S/C50H30N2O/c1-3-12-31(13-4-1)34-26-35(33-22-25-48-44(29-33)40-18-9-10-21-47(40)53-48)28-36(27-34)45-30-46(52-50(51-45)32-14-5-2-6-15-32)39-23-24-43-38-17-8-7-16-37(38)41-19-11-20-42(39)49(41)43/h1-30H. The summed E-state index contributed by atoms with van der Waals surface area (Å²) in [5, 5.41) is 4.70. The van der Waals surface area contributed by atoms with Crippen LogP contribution >= 0.6 is 0 Å². The van der Waals surface area contributed by atoms with Crippen LogP contribution in [-0.4, -0.2) is 9.97 Å². The summed E-state index contributed by atoms with van der Waals surface area (Å²) in [7, 11) is 0. The van der Waals surface area contributed by atoms with Gasteiger partial charge in [-0.25, -0.2) is 9.97 Å². The van der Waals surface area contributed by atoms with Crippen molar-refractivity contribution in [2.24, 2.45) is 0 Å². The van der Waals surface area contributed by atoms with Crippen LogP contribution in [0.3, 0.4) is 0 Å². The highest BCUT2D eigenvalue weighted by Gasteiger charge is 2.23. The van der Waals surface area contributed by atoms with Gasteiger partial charge < -0.3 is 4.42 Å². The second kappa shape index (κ2) is 11.7. The molecular weight excluding hydrogens is 645 g/mol. The Morgan fingerprint density at radius 3 is 1.70 bits per heavy atom. The summed E-state index contributed by atoms with van der Waals surface area (Å²) in [5.74, 6) is 0.697. The van der Waals surface area contributed by atoms with Gasteiger partial charge in [0.2, 0.25) is 0 Å². The molecule has 0 amide bonds. The zero-order valence-corrected chi connectivity index (χ0v) is 28.6. The Balaban J connectivity index is 1.14. The molecule has 10 aromatic rings. The number of nitrogens with zero attached hydrogens (tertiary/aromatic N) is 2. The summed E-state index contributed by atoms with van der Waals surface area (Å²) in [6.45, 7) is 0. The minimum atomic E-state index is 0.697. The molecule has 0 fully saturated rings. The van der Waals surface area contributed by atoms with Gasteiger partial charge in [0.15, 0.2) is 5.82 Å². The molecule has 0 saturated carbocycles. The second-order valence-corrected chi connectivity index (χ2v) is 13.7. The van der Waals surface area contributed by atoms with E-state index in [1.165, 1.54) is 33.0 Å². The van der Waals surface area contributed by atoms with Crippen LogP contribution in [0.1, 0.15) is 0 Å². The van der Waals surface area contributed by atoms with Crippen LogP contribution in [-0.2, 0) is 0 Å². The van der Waals surface area contributed by atoms with Crippen molar-refractivity contribution in [2.75, 3.05) is 0 Å². The maximum Gasteiger partial charge on any atom is 0.160 e. The molecule has 3 nitrogen and oxygen atoms in total. The van der Waals surface area contributed by atoms with Gasteiger partial charge in [0, 0.05) is 27.5 Å². The molecule has 0 aliphatic heterocycles. The van der Waals surface area contributed by atoms with Gasteiger partial charge in [-0.1, -0.05) is 140 Å². The SMILES string of the molecule is c1ccc(-c2cc(-c3ccc4oc5ccccc5c4c3)cc(-c3cc(-c4ccc5c6c(cccc46)-c4ccccc4-5)nc(-c4ccccc4)n3)c2)cc1. The van der Waals surface area contributed by atoms with Gasteiger partial charge in [0.25, 0.3) is 0 Å². The van der Waals surface area contributed by atoms with Gasteiger partial charge in [0.05, 0.1) is 11.4 Å². The highest BCUT2D eigenvalue weighted by atomic mass is 16.3. The third-order valence-electron chi connectivity index (χ3n) is 10.6. The monoisotopic (exact) mass is 674 g/mol. The Morgan fingerprint density at radius 2 is 0.887 bits per heavy atom. The average Bonchev–Trinajstić information content (AvgIpc) is 3.77. The van der Waals surface area contributed by atoms with Crippen molar-refractivity contribution in [3.05, 3.63) is 182 Å².